The van der Waals surface area contributed by atoms with Crippen molar-refractivity contribution in [3.63, 3.8) is 0 Å². The van der Waals surface area contributed by atoms with Crippen LogP contribution in [0.5, 0.6) is 0 Å². The Morgan fingerprint density at radius 2 is 0.761 bits per heavy atom. The van der Waals surface area contributed by atoms with E-state index in [0.717, 1.165) is 45.8 Å². The molecule has 6 nitrogen and oxygen atoms in total. The van der Waals surface area contributed by atoms with Crippen molar-refractivity contribution in [3.8, 4) is 11.1 Å². The topological polar surface area (TPSA) is 58.0 Å². The van der Waals surface area contributed by atoms with Crippen LogP contribution in [0.2, 0.25) is 0 Å². The highest BCUT2D eigenvalue weighted by Crippen LogP contribution is 2.36. The zero-order valence-corrected chi connectivity index (χ0v) is 27.4. The van der Waals surface area contributed by atoms with Gasteiger partial charge in [-0.05, 0) is 93.7 Å². The van der Waals surface area contributed by atoms with E-state index in [1.807, 2.05) is 61.2 Å². The summed E-state index contributed by atoms with van der Waals surface area (Å²) < 4.78 is 0. The van der Waals surface area contributed by atoms with E-state index in [4.69, 9.17) is 9.97 Å². The summed E-state index contributed by atoms with van der Waals surface area (Å²) in [4.78, 5) is 23.2. The summed E-state index contributed by atoms with van der Waals surface area (Å²) >= 11 is 0. The Morgan fingerprint density at radius 1 is 0.391 bits per heavy atom. The van der Waals surface area contributed by atoms with Crippen molar-refractivity contribution in [1.82, 2.24) is 19.9 Å². The third-order valence-corrected chi connectivity index (χ3v) is 8.03. The SMILES string of the molecule is CC(C)(C)c1ccc(N(c2ccc(-c3ccc(N(c4ccccn4)c4ccc(C(C)(C)C)cn4)cc3)cc2)c2ccccn2)nc1. The van der Waals surface area contributed by atoms with Crippen LogP contribution >= 0.6 is 0 Å². The fourth-order valence-electron chi connectivity index (χ4n) is 5.27. The van der Waals surface area contributed by atoms with Gasteiger partial charge in [0, 0.05) is 36.2 Å². The fraction of sp³-hybridized carbons (Fsp3) is 0.200. The maximum atomic E-state index is 4.84. The van der Waals surface area contributed by atoms with E-state index in [2.05, 4.69) is 134 Å². The van der Waals surface area contributed by atoms with Crippen molar-refractivity contribution in [2.24, 2.45) is 0 Å². The molecule has 0 amide bonds. The Morgan fingerprint density at radius 3 is 1.04 bits per heavy atom. The molecule has 0 atom stereocenters. The molecule has 0 radical (unpaired) electrons. The van der Waals surface area contributed by atoms with E-state index in [1.54, 1.807) is 0 Å². The van der Waals surface area contributed by atoms with Gasteiger partial charge in [-0.1, -0.05) is 90.1 Å². The number of hydrogen-bond donors (Lipinski definition) is 0. The number of rotatable bonds is 7. The smallest absolute Gasteiger partial charge is 0.138 e. The molecule has 230 valence electrons. The Balaban J connectivity index is 1.30. The standard InChI is InChI=1S/C40H40N6/c1-39(2,3)31-17-23-37(43-27-31)45(35-11-7-9-25-41-35)33-19-13-29(14-20-33)30-15-21-34(22-16-30)46(36-12-8-10-26-42-36)38-24-18-32(28-44-38)40(4,5)6/h7-28H,1-6H3. The lowest BCUT2D eigenvalue weighted by molar-refractivity contribution is 0.587. The third-order valence-electron chi connectivity index (χ3n) is 8.03. The Kier molecular flexibility index (Phi) is 8.37. The van der Waals surface area contributed by atoms with Crippen LogP contribution in [0.15, 0.2) is 134 Å². The highest BCUT2D eigenvalue weighted by atomic mass is 15.2. The summed E-state index contributed by atoms with van der Waals surface area (Å²) in [6, 6.07) is 37.4. The molecule has 0 aliphatic heterocycles. The maximum Gasteiger partial charge on any atom is 0.138 e. The van der Waals surface area contributed by atoms with Gasteiger partial charge in [-0.2, -0.15) is 0 Å². The molecule has 0 fully saturated rings. The number of aromatic nitrogens is 4. The molecule has 0 saturated carbocycles. The number of anilines is 6. The molecule has 0 aliphatic rings. The Labute approximate surface area is 272 Å². The summed E-state index contributed by atoms with van der Waals surface area (Å²) in [6.07, 6.45) is 7.54. The molecular formula is C40H40N6. The minimum absolute atomic E-state index is 0.0284. The molecule has 0 bridgehead atoms. The highest BCUT2D eigenvalue weighted by Gasteiger charge is 2.20. The predicted molar refractivity (Wildman–Crippen MR) is 190 cm³/mol. The minimum atomic E-state index is 0.0284. The van der Waals surface area contributed by atoms with Crippen LogP contribution in [0.25, 0.3) is 11.1 Å². The van der Waals surface area contributed by atoms with Crippen LogP contribution in [0.3, 0.4) is 0 Å². The van der Waals surface area contributed by atoms with Crippen molar-refractivity contribution in [1.29, 1.82) is 0 Å². The first kappa shape index (κ1) is 30.7. The first-order valence-electron chi connectivity index (χ1n) is 15.6. The van der Waals surface area contributed by atoms with Gasteiger partial charge in [0.1, 0.15) is 23.3 Å². The van der Waals surface area contributed by atoms with Crippen molar-refractivity contribution < 1.29 is 0 Å². The van der Waals surface area contributed by atoms with Crippen LogP contribution in [-0.2, 0) is 10.8 Å². The van der Waals surface area contributed by atoms with E-state index >= 15 is 0 Å². The summed E-state index contributed by atoms with van der Waals surface area (Å²) in [5.41, 5.74) is 6.64. The summed E-state index contributed by atoms with van der Waals surface area (Å²) in [6.45, 7) is 13.2. The minimum Gasteiger partial charge on any atom is -0.279 e. The van der Waals surface area contributed by atoms with E-state index in [-0.39, 0.29) is 10.8 Å². The van der Waals surface area contributed by atoms with Gasteiger partial charge < -0.3 is 0 Å². The average Bonchev–Trinajstić information content (AvgIpc) is 3.06. The lowest BCUT2D eigenvalue weighted by atomic mass is 9.88. The number of hydrogen-bond acceptors (Lipinski definition) is 6. The second-order valence-corrected chi connectivity index (χ2v) is 13.5. The molecule has 6 aromatic rings. The normalized spacial score (nSPS) is 11.7. The van der Waals surface area contributed by atoms with Crippen LogP contribution < -0.4 is 9.80 Å². The van der Waals surface area contributed by atoms with E-state index in [9.17, 15) is 0 Å². The lowest BCUT2D eigenvalue weighted by Crippen LogP contribution is -2.15. The Bertz CT molecular complexity index is 1710. The largest absolute Gasteiger partial charge is 0.279 e. The molecule has 6 rings (SSSR count). The molecule has 2 aromatic carbocycles. The monoisotopic (exact) mass is 604 g/mol. The van der Waals surface area contributed by atoms with Crippen molar-refractivity contribution in [2.75, 3.05) is 9.80 Å². The molecule has 46 heavy (non-hydrogen) atoms. The van der Waals surface area contributed by atoms with Crippen molar-refractivity contribution >= 4 is 34.6 Å². The van der Waals surface area contributed by atoms with Crippen LogP contribution in [-0.4, -0.2) is 19.9 Å². The van der Waals surface area contributed by atoms with Gasteiger partial charge in [-0.15, -0.1) is 0 Å². The molecule has 0 unspecified atom stereocenters. The molecule has 0 saturated heterocycles. The lowest BCUT2D eigenvalue weighted by Gasteiger charge is -2.25. The van der Waals surface area contributed by atoms with Gasteiger partial charge >= 0.3 is 0 Å². The maximum absolute atomic E-state index is 4.84. The third kappa shape index (κ3) is 6.66. The van der Waals surface area contributed by atoms with Crippen molar-refractivity contribution in [3.05, 3.63) is 145 Å². The van der Waals surface area contributed by atoms with E-state index < -0.39 is 0 Å². The van der Waals surface area contributed by atoms with Crippen molar-refractivity contribution in [2.45, 2.75) is 52.4 Å². The van der Waals surface area contributed by atoms with Gasteiger partial charge in [-0.3, -0.25) is 9.80 Å². The van der Waals surface area contributed by atoms with Crippen LogP contribution in [0, 0.1) is 0 Å². The highest BCUT2D eigenvalue weighted by molar-refractivity contribution is 5.77. The summed E-state index contributed by atoms with van der Waals surface area (Å²) in [7, 11) is 0. The molecule has 4 heterocycles. The van der Waals surface area contributed by atoms with Gasteiger partial charge in [0.25, 0.3) is 0 Å². The summed E-state index contributed by atoms with van der Waals surface area (Å²) in [5, 5.41) is 0. The van der Waals surface area contributed by atoms with Gasteiger partial charge in [-0.25, -0.2) is 19.9 Å². The first-order chi connectivity index (χ1) is 22.1. The van der Waals surface area contributed by atoms with Crippen LogP contribution in [0.1, 0.15) is 52.7 Å². The first-order valence-corrected chi connectivity index (χ1v) is 15.6. The van der Waals surface area contributed by atoms with Crippen LogP contribution in [0.4, 0.5) is 34.6 Å². The molecule has 6 heteroatoms. The average molecular weight is 605 g/mol. The second-order valence-electron chi connectivity index (χ2n) is 13.5. The predicted octanol–water partition coefficient (Wildman–Crippen LogP) is 10.5. The Hall–Kier alpha value is -5.36. The molecule has 0 aliphatic carbocycles. The van der Waals surface area contributed by atoms with Gasteiger partial charge in [0.05, 0.1) is 0 Å². The second kappa shape index (κ2) is 12.6. The zero-order valence-electron chi connectivity index (χ0n) is 27.4. The van der Waals surface area contributed by atoms with Gasteiger partial charge in [0.2, 0.25) is 0 Å². The molecular weight excluding hydrogens is 564 g/mol. The fourth-order valence-corrected chi connectivity index (χ4v) is 5.27. The summed E-state index contributed by atoms with van der Waals surface area (Å²) in [5.74, 6) is 3.27. The zero-order chi connectivity index (χ0) is 32.3. The quantitative estimate of drug-likeness (QED) is 0.181. The molecule has 4 aromatic heterocycles. The molecule has 0 N–H and O–H groups in total. The number of nitrogens with zero attached hydrogens (tertiary/aromatic N) is 6. The van der Waals surface area contributed by atoms with E-state index in [0.29, 0.717) is 0 Å². The van der Waals surface area contributed by atoms with E-state index in [1.165, 1.54) is 11.1 Å². The number of benzene rings is 2. The van der Waals surface area contributed by atoms with Gasteiger partial charge in [0.15, 0.2) is 0 Å². The molecule has 0 spiro atoms. The number of pyridine rings is 4.